The van der Waals surface area contributed by atoms with Crippen molar-refractivity contribution in [3.8, 4) is 5.75 Å². The average Bonchev–Trinajstić information content (AvgIpc) is 2.33. The molecule has 4 heteroatoms. The number of aromatic hydroxyl groups is 1. The third-order valence-electron chi connectivity index (χ3n) is 3.65. The third kappa shape index (κ3) is 2.53. The number of hydrogen-bond donors (Lipinski definition) is 3. The van der Waals surface area contributed by atoms with Crippen LogP contribution in [0.15, 0.2) is 18.2 Å². The molecule has 1 aliphatic rings. The molecule has 0 saturated carbocycles. The molecule has 0 spiro atoms. The van der Waals surface area contributed by atoms with Crippen molar-refractivity contribution in [1.82, 2.24) is 4.90 Å². The van der Waals surface area contributed by atoms with Crippen LogP contribution in [0, 0.1) is 5.92 Å². The van der Waals surface area contributed by atoms with E-state index < -0.39 is 6.10 Å². The van der Waals surface area contributed by atoms with Gasteiger partial charge in [0.1, 0.15) is 5.75 Å². The van der Waals surface area contributed by atoms with Crippen molar-refractivity contribution in [1.29, 1.82) is 0 Å². The number of aliphatic hydroxyl groups excluding tert-OH is 1. The van der Waals surface area contributed by atoms with Crippen molar-refractivity contribution in [2.45, 2.75) is 18.9 Å². The Morgan fingerprint density at radius 1 is 1.35 bits per heavy atom. The number of nitrogens with zero attached hydrogens (tertiary/aromatic N) is 1. The van der Waals surface area contributed by atoms with Crippen LogP contribution in [0.25, 0.3) is 0 Å². The molecule has 2 rings (SSSR count). The van der Waals surface area contributed by atoms with E-state index in [1.165, 1.54) is 0 Å². The lowest BCUT2D eigenvalue weighted by Crippen LogP contribution is -2.32. The number of rotatable bonds is 2. The third-order valence-corrected chi connectivity index (χ3v) is 3.65. The van der Waals surface area contributed by atoms with Crippen molar-refractivity contribution >= 4 is 5.69 Å². The van der Waals surface area contributed by atoms with E-state index in [2.05, 4.69) is 11.9 Å². The van der Waals surface area contributed by atoms with Crippen LogP contribution in [0.3, 0.4) is 0 Å². The summed E-state index contributed by atoms with van der Waals surface area (Å²) < 4.78 is 0. The molecule has 4 N–H and O–H groups in total. The highest BCUT2D eigenvalue weighted by molar-refractivity contribution is 5.58. The molecule has 0 aliphatic carbocycles. The van der Waals surface area contributed by atoms with Gasteiger partial charge in [-0.2, -0.15) is 0 Å². The maximum Gasteiger partial charge on any atom is 0.138 e. The molecule has 1 aromatic rings. The maximum atomic E-state index is 10.3. The van der Waals surface area contributed by atoms with Crippen LogP contribution < -0.4 is 5.73 Å². The molecular weight excluding hydrogens is 216 g/mol. The molecule has 1 aliphatic heterocycles. The van der Waals surface area contributed by atoms with Crippen molar-refractivity contribution in [2.24, 2.45) is 5.92 Å². The quantitative estimate of drug-likeness (QED) is 0.535. The molecule has 17 heavy (non-hydrogen) atoms. The molecule has 0 radical (unpaired) electrons. The van der Waals surface area contributed by atoms with Gasteiger partial charge in [0.05, 0.1) is 11.8 Å². The van der Waals surface area contributed by atoms with Gasteiger partial charge in [-0.3, -0.25) is 0 Å². The van der Waals surface area contributed by atoms with Gasteiger partial charge >= 0.3 is 0 Å². The number of aliphatic hydroxyl groups is 1. The maximum absolute atomic E-state index is 10.3. The van der Waals surface area contributed by atoms with Crippen molar-refractivity contribution in [2.75, 3.05) is 25.9 Å². The molecule has 1 atom stereocenters. The van der Waals surface area contributed by atoms with Crippen LogP contribution in [-0.2, 0) is 0 Å². The summed E-state index contributed by atoms with van der Waals surface area (Å²) in [5, 5.41) is 19.9. The molecule has 94 valence electrons. The van der Waals surface area contributed by atoms with E-state index in [0.717, 1.165) is 25.9 Å². The Bertz CT molecular complexity index is 387. The summed E-state index contributed by atoms with van der Waals surface area (Å²) in [4.78, 5) is 2.26. The predicted octanol–water partition coefficient (Wildman–Crippen LogP) is 1.35. The number of likely N-dealkylation sites (tertiary alicyclic amines) is 1. The fourth-order valence-corrected chi connectivity index (χ4v) is 2.43. The lowest BCUT2D eigenvalue weighted by molar-refractivity contribution is 0.0661. The topological polar surface area (TPSA) is 69.7 Å². The second-order valence-corrected chi connectivity index (χ2v) is 4.87. The van der Waals surface area contributed by atoms with Crippen LogP contribution in [0.5, 0.6) is 5.75 Å². The van der Waals surface area contributed by atoms with Crippen LogP contribution in [0.4, 0.5) is 5.69 Å². The summed E-state index contributed by atoms with van der Waals surface area (Å²) in [5.41, 5.74) is 6.75. The van der Waals surface area contributed by atoms with Gasteiger partial charge in [-0.05, 0) is 45.0 Å². The average molecular weight is 236 g/mol. The monoisotopic (exact) mass is 236 g/mol. The summed E-state index contributed by atoms with van der Waals surface area (Å²) in [7, 11) is 2.09. The van der Waals surface area contributed by atoms with Crippen LogP contribution in [0.2, 0.25) is 0 Å². The molecule has 1 unspecified atom stereocenters. The zero-order valence-corrected chi connectivity index (χ0v) is 10.1. The zero-order valence-electron chi connectivity index (χ0n) is 10.1. The van der Waals surface area contributed by atoms with E-state index in [9.17, 15) is 10.2 Å². The second kappa shape index (κ2) is 4.94. The Balaban J connectivity index is 2.14. The number of anilines is 1. The van der Waals surface area contributed by atoms with Gasteiger partial charge in [-0.1, -0.05) is 12.1 Å². The standard InChI is InChI=1S/C13H20N2O2/c1-15-7-5-9(6-8-15)13(17)10-3-2-4-11(16)12(10)14/h2-4,9,13,16-17H,5-8,14H2,1H3. The number of nitrogens with two attached hydrogens (primary N) is 1. The SMILES string of the molecule is CN1CCC(C(O)c2cccc(O)c2N)CC1. The number of nitrogen functional groups attached to an aromatic ring is 1. The zero-order chi connectivity index (χ0) is 12.4. The Kier molecular flexibility index (Phi) is 3.54. The van der Waals surface area contributed by atoms with Gasteiger partial charge in [0, 0.05) is 5.56 Å². The number of piperidine rings is 1. The first-order valence-corrected chi connectivity index (χ1v) is 6.03. The van der Waals surface area contributed by atoms with E-state index in [0.29, 0.717) is 11.3 Å². The highest BCUT2D eigenvalue weighted by Gasteiger charge is 2.26. The van der Waals surface area contributed by atoms with E-state index in [1.807, 2.05) is 0 Å². The van der Waals surface area contributed by atoms with Gasteiger partial charge < -0.3 is 20.8 Å². The number of phenolic OH excluding ortho intramolecular Hbond substituents is 1. The Hall–Kier alpha value is -1.26. The first-order valence-electron chi connectivity index (χ1n) is 6.03. The van der Waals surface area contributed by atoms with Gasteiger partial charge in [-0.25, -0.2) is 0 Å². The molecule has 1 saturated heterocycles. The largest absolute Gasteiger partial charge is 0.506 e. The lowest BCUT2D eigenvalue weighted by Gasteiger charge is -2.32. The minimum absolute atomic E-state index is 0.0504. The Labute approximate surface area is 102 Å². The van der Waals surface area contributed by atoms with E-state index in [-0.39, 0.29) is 11.7 Å². The Morgan fingerprint density at radius 3 is 2.65 bits per heavy atom. The van der Waals surface area contributed by atoms with Crippen molar-refractivity contribution < 1.29 is 10.2 Å². The first kappa shape index (κ1) is 12.2. The van der Waals surface area contributed by atoms with Gasteiger partial charge in [0.2, 0.25) is 0 Å². The number of hydrogen-bond acceptors (Lipinski definition) is 4. The normalized spacial score (nSPS) is 20.4. The fourth-order valence-electron chi connectivity index (χ4n) is 2.43. The molecule has 0 aromatic heterocycles. The Morgan fingerprint density at radius 2 is 2.00 bits per heavy atom. The molecule has 1 aromatic carbocycles. The smallest absolute Gasteiger partial charge is 0.138 e. The van der Waals surface area contributed by atoms with Crippen molar-refractivity contribution in [3.05, 3.63) is 23.8 Å². The van der Waals surface area contributed by atoms with Gasteiger partial charge in [-0.15, -0.1) is 0 Å². The highest BCUT2D eigenvalue weighted by atomic mass is 16.3. The first-order chi connectivity index (χ1) is 8.09. The highest BCUT2D eigenvalue weighted by Crippen LogP contribution is 2.36. The lowest BCUT2D eigenvalue weighted by atomic mass is 9.87. The molecule has 1 fully saturated rings. The fraction of sp³-hybridized carbons (Fsp3) is 0.538. The molecule has 0 amide bonds. The molecule has 0 bridgehead atoms. The molecule has 1 heterocycles. The predicted molar refractivity (Wildman–Crippen MR) is 67.7 cm³/mol. The van der Waals surface area contributed by atoms with E-state index in [4.69, 9.17) is 5.73 Å². The number of para-hydroxylation sites is 1. The summed E-state index contributed by atoms with van der Waals surface area (Å²) in [6.07, 6.45) is 1.36. The minimum Gasteiger partial charge on any atom is -0.506 e. The molecule has 4 nitrogen and oxygen atoms in total. The van der Waals surface area contributed by atoms with Crippen LogP contribution in [0.1, 0.15) is 24.5 Å². The van der Waals surface area contributed by atoms with Gasteiger partial charge in [0.15, 0.2) is 0 Å². The summed E-state index contributed by atoms with van der Waals surface area (Å²) in [5.74, 6) is 0.282. The van der Waals surface area contributed by atoms with E-state index >= 15 is 0 Å². The van der Waals surface area contributed by atoms with Gasteiger partial charge in [0.25, 0.3) is 0 Å². The van der Waals surface area contributed by atoms with Crippen LogP contribution in [-0.4, -0.2) is 35.3 Å². The number of phenols is 1. The minimum atomic E-state index is -0.573. The summed E-state index contributed by atoms with van der Waals surface area (Å²) in [6.45, 7) is 2.00. The molecular formula is C13H20N2O2. The van der Waals surface area contributed by atoms with E-state index in [1.54, 1.807) is 18.2 Å². The van der Waals surface area contributed by atoms with Crippen molar-refractivity contribution in [3.63, 3.8) is 0 Å². The number of benzene rings is 1. The van der Waals surface area contributed by atoms with Crippen LogP contribution >= 0.6 is 0 Å². The second-order valence-electron chi connectivity index (χ2n) is 4.87. The summed E-state index contributed by atoms with van der Waals surface area (Å²) in [6, 6.07) is 5.05. The summed E-state index contributed by atoms with van der Waals surface area (Å²) >= 11 is 0.